The third kappa shape index (κ3) is 3.08. The van der Waals surface area contributed by atoms with Crippen LogP contribution in [0.4, 0.5) is 0 Å². The monoisotopic (exact) mass is 257 g/mol. The molecule has 0 bridgehead atoms. The van der Waals surface area contributed by atoms with E-state index in [1.165, 1.54) is 12.3 Å². The minimum atomic E-state index is -1.10. The van der Waals surface area contributed by atoms with Gasteiger partial charge in [-0.05, 0) is 12.8 Å². The first-order valence-electron chi connectivity index (χ1n) is 5.30. The summed E-state index contributed by atoms with van der Waals surface area (Å²) in [4.78, 5) is 14.8. The van der Waals surface area contributed by atoms with E-state index in [9.17, 15) is 4.79 Å². The Bertz CT molecular complexity index is 418. The maximum atomic E-state index is 10.8. The molecule has 1 fully saturated rings. The summed E-state index contributed by atoms with van der Waals surface area (Å²) in [7, 11) is 0. The Kier molecular flexibility index (Phi) is 3.81. The Balaban J connectivity index is 2.00. The molecule has 1 aromatic heterocycles. The minimum absolute atomic E-state index is 0.0102. The zero-order valence-electron chi connectivity index (χ0n) is 9.06. The van der Waals surface area contributed by atoms with E-state index in [1.807, 2.05) is 0 Å². The molecule has 2 rings (SSSR count). The van der Waals surface area contributed by atoms with Crippen molar-refractivity contribution in [2.24, 2.45) is 0 Å². The SMILES string of the molecule is O=C(O)c1cc(OCC2CCCO2)ncc1Cl. The van der Waals surface area contributed by atoms with E-state index in [1.54, 1.807) is 0 Å². The van der Waals surface area contributed by atoms with Crippen molar-refractivity contribution in [1.29, 1.82) is 0 Å². The largest absolute Gasteiger partial charge is 0.478 e. The summed E-state index contributed by atoms with van der Waals surface area (Å²) in [5, 5.41) is 8.98. The third-order valence-electron chi connectivity index (χ3n) is 2.50. The van der Waals surface area contributed by atoms with E-state index in [-0.39, 0.29) is 22.6 Å². The predicted octanol–water partition coefficient (Wildman–Crippen LogP) is 1.99. The fourth-order valence-electron chi connectivity index (χ4n) is 1.62. The molecular weight excluding hydrogens is 246 g/mol. The molecule has 0 spiro atoms. The van der Waals surface area contributed by atoms with Crippen LogP contribution in [-0.4, -0.2) is 35.4 Å². The van der Waals surface area contributed by atoms with Crippen molar-refractivity contribution in [2.45, 2.75) is 18.9 Å². The van der Waals surface area contributed by atoms with Crippen molar-refractivity contribution in [3.63, 3.8) is 0 Å². The predicted molar refractivity (Wildman–Crippen MR) is 60.7 cm³/mol. The molecule has 2 heterocycles. The lowest BCUT2D eigenvalue weighted by Crippen LogP contribution is -2.17. The molecule has 0 amide bonds. The Morgan fingerprint density at radius 1 is 1.71 bits per heavy atom. The number of carboxylic acids is 1. The summed E-state index contributed by atoms with van der Waals surface area (Å²) in [6.07, 6.45) is 3.33. The summed E-state index contributed by atoms with van der Waals surface area (Å²) < 4.78 is 10.8. The van der Waals surface area contributed by atoms with Gasteiger partial charge in [-0.1, -0.05) is 11.6 Å². The number of ether oxygens (including phenoxy) is 2. The Morgan fingerprint density at radius 2 is 2.53 bits per heavy atom. The van der Waals surface area contributed by atoms with E-state index in [2.05, 4.69) is 4.98 Å². The van der Waals surface area contributed by atoms with Crippen LogP contribution >= 0.6 is 11.6 Å². The van der Waals surface area contributed by atoms with Crippen LogP contribution in [0.25, 0.3) is 0 Å². The van der Waals surface area contributed by atoms with Gasteiger partial charge in [0.25, 0.3) is 0 Å². The number of halogens is 1. The van der Waals surface area contributed by atoms with Gasteiger partial charge in [-0.2, -0.15) is 0 Å². The highest BCUT2D eigenvalue weighted by molar-refractivity contribution is 6.33. The van der Waals surface area contributed by atoms with Crippen LogP contribution in [0.2, 0.25) is 5.02 Å². The van der Waals surface area contributed by atoms with Crippen LogP contribution in [0.5, 0.6) is 5.88 Å². The molecule has 1 saturated heterocycles. The maximum Gasteiger partial charge on any atom is 0.337 e. The first-order chi connectivity index (χ1) is 8.16. The summed E-state index contributed by atoms with van der Waals surface area (Å²) >= 11 is 5.69. The highest BCUT2D eigenvalue weighted by atomic mass is 35.5. The Hall–Kier alpha value is -1.33. The number of aromatic nitrogens is 1. The lowest BCUT2D eigenvalue weighted by molar-refractivity contribution is 0.0657. The van der Waals surface area contributed by atoms with Crippen LogP contribution < -0.4 is 4.74 Å². The standard InChI is InChI=1S/C11H12ClNO4/c12-9-5-13-10(4-8(9)11(14)15)17-6-7-2-1-3-16-7/h4-5,7H,1-3,6H2,(H,14,15). The molecule has 1 aliphatic heterocycles. The fraction of sp³-hybridized carbons (Fsp3) is 0.455. The lowest BCUT2D eigenvalue weighted by Gasteiger charge is -2.11. The first kappa shape index (κ1) is 12.1. The fourth-order valence-corrected chi connectivity index (χ4v) is 1.80. The summed E-state index contributed by atoms with van der Waals surface area (Å²) in [6, 6.07) is 1.32. The second kappa shape index (κ2) is 5.33. The zero-order chi connectivity index (χ0) is 12.3. The second-order valence-electron chi connectivity index (χ2n) is 3.75. The molecule has 6 heteroatoms. The van der Waals surface area contributed by atoms with Crippen molar-refractivity contribution in [3.05, 3.63) is 22.8 Å². The second-order valence-corrected chi connectivity index (χ2v) is 4.16. The van der Waals surface area contributed by atoms with Gasteiger partial charge in [0.1, 0.15) is 6.61 Å². The highest BCUT2D eigenvalue weighted by Gasteiger charge is 2.17. The normalized spacial score (nSPS) is 19.2. The van der Waals surface area contributed by atoms with Crippen LogP contribution in [0.1, 0.15) is 23.2 Å². The number of aromatic carboxylic acids is 1. The molecule has 1 aromatic rings. The van der Waals surface area contributed by atoms with Gasteiger partial charge in [0.2, 0.25) is 5.88 Å². The quantitative estimate of drug-likeness (QED) is 0.893. The molecule has 5 nitrogen and oxygen atoms in total. The Labute approximate surface area is 103 Å². The number of carbonyl (C=O) groups is 1. The lowest BCUT2D eigenvalue weighted by atomic mass is 10.2. The van der Waals surface area contributed by atoms with Gasteiger partial charge in [0.15, 0.2) is 0 Å². The molecular formula is C11H12ClNO4. The van der Waals surface area contributed by atoms with E-state index in [0.29, 0.717) is 6.61 Å². The van der Waals surface area contributed by atoms with Crippen molar-refractivity contribution in [3.8, 4) is 5.88 Å². The number of hydrogen-bond donors (Lipinski definition) is 1. The van der Waals surface area contributed by atoms with Gasteiger partial charge < -0.3 is 14.6 Å². The molecule has 1 aliphatic rings. The molecule has 0 radical (unpaired) electrons. The van der Waals surface area contributed by atoms with Gasteiger partial charge >= 0.3 is 5.97 Å². The third-order valence-corrected chi connectivity index (χ3v) is 2.80. The van der Waals surface area contributed by atoms with E-state index in [0.717, 1.165) is 19.4 Å². The summed E-state index contributed by atoms with van der Waals surface area (Å²) in [5.41, 5.74) is -0.0102. The minimum Gasteiger partial charge on any atom is -0.478 e. The van der Waals surface area contributed by atoms with Gasteiger partial charge in [0, 0.05) is 12.7 Å². The number of hydrogen-bond acceptors (Lipinski definition) is 4. The van der Waals surface area contributed by atoms with Crippen molar-refractivity contribution >= 4 is 17.6 Å². The summed E-state index contributed by atoms with van der Waals surface area (Å²) in [6.45, 7) is 1.14. The van der Waals surface area contributed by atoms with E-state index < -0.39 is 5.97 Å². The number of nitrogens with zero attached hydrogens (tertiary/aromatic N) is 1. The van der Waals surface area contributed by atoms with Crippen LogP contribution in [0.15, 0.2) is 12.3 Å². The van der Waals surface area contributed by atoms with Crippen molar-refractivity contribution in [2.75, 3.05) is 13.2 Å². The molecule has 17 heavy (non-hydrogen) atoms. The topological polar surface area (TPSA) is 68.7 Å². The number of pyridine rings is 1. The molecule has 1 atom stereocenters. The van der Waals surface area contributed by atoms with Crippen molar-refractivity contribution in [1.82, 2.24) is 4.98 Å². The summed E-state index contributed by atoms with van der Waals surface area (Å²) in [5.74, 6) is -0.846. The molecule has 0 aromatic carbocycles. The first-order valence-corrected chi connectivity index (χ1v) is 5.68. The molecule has 0 aliphatic carbocycles. The maximum absolute atomic E-state index is 10.8. The van der Waals surface area contributed by atoms with Gasteiger partial charge in [-0.25, -0.2) is 9.78 Å². The molecule has 1 N–H and O–H groups in total. The highest BCUT2D eigenvalue weighted by Crippen LogP contribution is 2.20. The van der Waals surface area contributed by atoms with Crippen LogP contribution in [0.3, 0.4) is 0 Å². The van der Waals surface area contributed by atoms with Crippen LogP contribution in [-0.2, 0) is 4.74 Å². The van der Waals surface area contributed by atoms with E-state index in [4.69, 9.17) is 26.2 Å². The van der Waals surface area contributed by atoms with Gasteiger partial charge in [-0.3, -0.25) is 0 Å². The molecule has 0 saturated carbocycles. The molecule has 1 unspecified atom stereocenters. The van der Waals surface area contributed by atoms with Crippen molar-refractivity contribution < 1.29 is 19.4 Å². The molecule has 92 valence electrons. The average molecular weight is 258 g/mol. The number of carboxylic acid groups (broad SMARTS) is 1. The number of rotatable bonds is 4. The smallest absolute Gasteiger partial charge is 0.337 e. The van der Waals surface area contributed by atoms with E-state index >= 15 is 0 Å². The van der Waals surface area contributed by atoms with Crippen LogP contribution in [0, 0.1) is 0 Å². The average Bonchev–Trinajstić information content (AvgIpc) is 2.80. The van der Waals surface area contributed by atoms with Gasteiger partial charge in [-0.15, -0.1) is 0 Å². The zero-order valence-corrected chi connectivity index (χ0v) is 9.81. The van der Waals surface area contributed by atoms with Gasteiger partial charge in [0.05, 0.1) is 22.9 Å². The Morgan fingerprint density at radius 3 is 3.18 bits per heavy atom.